The van der Waals surface area contributed by atoms with E-state index < -0.39 is 5.51 Å². The van der Waals surface area contributed by atoms with Gasteiger partial charge in [-0.15, -0.1) is 0 Å². The van der Waals surface area contributed by atoms with Crippen LogP contribution in [0.3, 0.4) is 0 Å². The molecule has 1 rings (SSSR count). The van der Waals surface area contributed by atoms with E-state index in [0.717, 1.165) is 17.7 Å². The maximum Gasteiger partial charge on any atom is 0.441 e. The molecule has 0 amide bonds. The van der Waals surface area contributed by atoms with Gasteiger partial charge < -0.3 is 10.1 Å². The van der Waals surface area contributed by atoms with E-state index in [1.807, 2.05) is 39.0 Å². The summed E-state index contributed by atoms with van der Waals surface area (Å²) >= 11 is -0.0601. The second-order valence-corrected chi connectivity index (χ2v) is 5.62. The SMILES string of the molecule is CCNC(C)c1cc(C)ccc1OCCSC(F)(F)F. The molecule has 0 aliphatic heterocycles. The van der Waals surface area contributed by atoms with Crippen LogP contribution in [0.2, 0.25) is 0 Å². The zero-order chi connectivity index (χ0) is 15.2. The molecule has 1 N–H and O–H groups in total. The summed E-state index contributed by atoms with van der Waals surface area (Å²) in [6.07, 6.45) is 0. The van der Waals surface area contributed by atoms with Gasteiger partial charge in [0.25, 0.3) is 0 Å². The average Bonchev–Trinajstić information content (AvgIpc) is 2.35. The first-order valence-electron chi connectivity index (χ1n) is 6.51. The molecule has 0 radical (unpaired) electrons. The van der Waals surface area contributed by atoms with Crippen molar-refractivity contribution in [2.24, 2.45) is 0 Å². The lowest BCUT2D eigenvalue weighted by Crippen LogP contribution is -2.19. The first kappa shape index (κ1) is 17.2. The van der Waals surface area contributed by atoms with E-state index in [1.54, 1.807) is 0 Å². The van der Waals surface area contributed by atoms with Crippen molar-refractivity contribution >= 4 is 11.8 Å². The highest BCUT2D eigenvalue weighted by molar-refractivity contribution is 8.00. The molecule has 1 unspecified atom stereocenters. The predicted octanol–water partition coefficient (Wildman–Crippen LogP) is 4.30. The molecular weight excluding hydrogens is 287 g/mol. The highest BCUT2D eigenvalue weighted by Gasteiger charge is 2.27. The lowest BCUT2D eigenvalue weighted by molar-refractivity contribution is -0.0329. The Balaban J connectivity index is 2.64. The Morgan fingerprint density at radius 1 is 1.35 bits per heavy atom. The Bertz CT molecular complexity index is 423. The number of aryl methyl sites for hydroxylation is 1. The van der Waals surface area contributed by atoms with Crippen LogP contribution in [0, 0.1) is 6.92 Å². The number of hydrogen-bond donors (Lipinski definition) is 1. The summed E-state index contributed by atoms with van der Waals surface area (Å²) in [5.41, 5.74) is -2.12. The molecule has 1 atom stereocenters. The summed E-state index contributed by atoms with van der Waals surface area (Å²) in [5.74, 6) is 0.540. The molecule has 0 aliphatic carbocycles. The van der Waals surface area contributed by atoms with Crippen LogP contribution >= 0.6 is 11.8 Å². The van der Waals surface area contributed by atoms with E-state index in [4.69, 9.17) is 4.74 Å². The first-order chi connectivity index (χ1) is 9.33. The van der Waals surface area contributed by atoms with Crippen LogP contribution in [-0.4, -0.2) is 24.4 Å². The van der Waals surface area contributed by atoms with Crippen molar-refractivity contribution in [1.29, 1.82) is 0 Å². The highest BCUT2D eigenvalue weighted by atomic mass is 32.2. The highest BCUT2D eigenvalue weighted by Crippen LogP contribution is 2.30. The standard InChI is InChI=1S/C14H20F3NOS/c1-4-18-11(3)12-9-10(2)5-6-13(12)19-7-8-20-14(15,16)17/h5-6,9,11,18H,4,7-8H2,1-3H3. The molecule has 0 heterocycles. The molecule has 0 aromatic heterocycles. The van der Waals surface area contributed by atoms with Gasteiger partial charge >= 0.3 is 5.51 Å². The topological polar surface area (TPSA) is 21.3 Å². The Hall–Kier alpha value is -0.880. The first-order valence-corrected chi connectivity index (χ1v) is 7.49. The van der Waals surface area contributed by atoms with E-state index in [-0.39, 0.29) is 30.2 Å². The lowest BCUT2D eigenvalue weighted by atomic mass is 10.0. The van der Waals surface area contributed by atoms with Crippen molar-refractivity contribution in [3.8, 4) is 5.75 Å². The van der Waals surface area contributed by atoms with Crippen LogP contribution in [0.4, 0.5) is 13.2 Å². The fourth-order valence-electron chi connectivity index (χ4n) is 1.86. The number of ether oxygens (including phenoxy) is 1. The van der Waals surface area contributed by atoms with Gasteiger partial charge in [-0.05, 0) is 38.2 Å². The van der Waals surface area contributed by atoms with Crippen molar-refractivity contribution in [2.75, 3.05) is 18.9 Å². The minimum absolute atomic E-state index is 0.0408. The van der Waals surface area contributed by atoms with Crippen molar-refractivity contribution < 1.29 is 17.9 Å². The van der Waals surface area contributed by atoms with E-state index in [2.05, 4.69) is 5.32 Å². The quantitative estimate of drug-likeness (QED) is 0.759. The van der Waals surface area contributed by atoms with Crippen LogP contribution < -0.4 is 10.1 Å². The minimum atomic E-state index is -4.20. The largest absolute Gasteiger partial charge is 0.492 e. The number of thioether (sulfide) groups is 1. The Morgan fingerprint density at radius 3 is 2.65 bits per heavy atom. The molecule has 20 heavy (non-hydrogen) atoms. The molecule has 0 spiro atoms. The normalized spacial score (nSPS) is 13.3. The summed E-state index contributed by atoms with van der Waals surface area (Å²) in [5, 5.41) is 3.28. The van der Waals surface area contributed by atoms with E-state index in [1.165, 1.54) is 0 Å². The fourth-order valence-corrected chi connectivity index (χ4v) is 2.26. The fraction of sp³-hybridized carbons (Fsp3) is 0.571. The van der Waals surface area contributed by atoms with Gasteiger partial charge in [-0.1, -0.05) is 24.6 Å². The number of benzene rings is 1. The molecular formula is C14H20F3NOS. The average molecular weight is 307 g/mol. The second kappa shape index (κ2) is 7.78. The summed E-state index contributed by atoms with van der Waals surface area (Å²) in [7, 11) is 0. The third kappa shape index (κ3) is 6.05. The van der Waals surface area contributed by atoms with Crippen molar-refractivity contribution in [3.05, 3.63) is 29.3 Å². The molecule has 1 aromatic rings. The minimum Gasteiger partial charge on any atom is -0.492 e. The van der Waals surface area contributed by atoms with Crippen molar-refractivity contribution in [3.63, 3.8) is 0 Å². The Morgan fingerprint density at radius 2 is 2.05 bits per heavy atom. The van der Waals surface area contributed by atoms with Crippen LogP contribution in [-0.2, 0) is 0 Å². The summed E-state index contributed by atoms with van der Waals surface area (Å²) in [6.45, 7) is 6.85. The van der Waals surface area contributed by atoms with Crippen molar-refractivity contribution in [2.45, 2.75) is 32.3 Å². The molecule has 6 heteroatoms. The van der Waals surface area contributed by atoms with Gasteiger partial charge in [0, 0.05) is 17.4 Å². The molecule has 0 fully saturated rings. The molecule has 2 nitrogen and oxygen atoms in total. The zero-order valence-electron chi connectivity index (χ0n) is 11.9. The number of hydrogen-bond acceptors (Lipinski definition) is 3. The van der Waals surface area contributed by atoms with Crippen LogP contribution in [0.1, 0.15) is 31.0 Å². The second-order valence-electron chi connectivity index (χ2n) is 4.46. The number of alkyl halides is 3. The molecule has 114 valence electrons. The lowest BCUT2D eigenvalue weighted by Gasteiger charge is -2.18. The Kier molecular flexibility index (Phi) is 6.68. The van der Waals surface area contributed by atoms with Crippen LogP contribution in [0.25, 0.3) is 0 Å². The van der Waals surface area contributed by atoms with E-state index in [0.29, 0.717) is 5.75 Å². The van der Waals surface area contributed by atoms with Gasteiger partial charge in [0.1, 0.15) is 5.75 Å². The van der Waals surface area contributed by atoms with Crippen molar-refractivity contribution in [1.82, 2.24) is 5.32 Å². The third-order valence-electron chi connectivity index (χ3n) is 2.75. The van der Waals surface area contributed by atoms with E-state index >= 15 is 0 Å². The third-order valence-corrected chi connectivity index (χ3v) is 3.45. The summed E-state index contributed by atoms with van der Waals surface area (Å²) in [6, 6.07) is 5.82. The van der Waals surface area contributed by atoms with Gasteiger partial charge in [0.15, 0.2) is 0 Å². The predicted molar refractivity (Wildman–Crippen MR) is 77.3 cm³/mol. The maximum absolute atomic E-state index is 12.0. The van der Waals surface area contributed by atoms with Gasteiger partial charge in [-0.2, -0.15) is 13.2 Å². The molecule has 0 saturated carbocycles. The van der Waals surface area contributed by atoms with Crippen LogP contribution in [0.15, 0.2) is 18.2 Å². The van der Waals surface area contributed by atoms with E-state index in [9.17, 15) is 13.2 Å². The molecule has 0 saturated heterocycles. The van der Waals surface area contributed by atoms with Gasteiger partial charge in [-0.3, -0.25) is 0 Å². The van der Waals surface area contributed by atoms with Gasteiger partial charge in [0.2, 0.25) is 0 Å². The maximum atomic E-state index is 12.0. The monoisotopic (exact) mass is 307 g/mol. The van der Waals surface area contributed by atoms with Gasteiger partial charge in [-0.25, -0.2) is 0 Å². The molecule has 0 bridgehead atoms. The van der Waals surface area contributed by atoms with Crippen LogP contribution in [0.5, 0.6) is 5.75 Å². The van der Waals surface area contributed by atoms with Gasteiger partial charge in [0.05, 0.1) is 6.61 Å². The number of rotatable bonds is 7. The summed E-state index contributed by atoms with van der Waals surface area (Å²) < 4.78 is 41.6. The zero-order valence-corrected chi connectivity index (χ0v) is 12.7. The number of halogens is 3. The Labute approximate surface area is 122 Å². The number of nitrogens with one attached hydrogen (secondary N) is 1. The molecule has 1 aromatic carbocycles. The molecule has 0 aliphatic rings. The smallest absolute Gasteiger partial charge is 0.441 e. The summed E-state index contributed by atoms with van der Waals surface area (Å²) in [4.78, 5) is 0.